The first-order valence-electron chi connectivity index (χ1n) is 6.62. The number of hydrogen-bond donors (Lipinski definition) is 1. The van der Waals surface area contributed by atoms with Crippen molar-refractivity contribution in [1.82, 2.24) is 19.3 Å². The van der Waals surface area contributed by atoms with E-state index in [-0.39, 0.29) is 0 Å². The molecule has 0 fully saturated rings. The summed E-state index contributed by atoms with van der Waals surface area (Å²) in [6.07, 6.45) is 2.93. The van der Waals surface area contributed by atoms with Gasteiger partial charge in [0.2, 0.25) is 4.77 Å². The van der Waals surface area contributed by atoms with Gasteiger partial charge in [-0.05, 0) is 30.8 Å². The van der Waals surface area contributed by atoms with Crippen LogP contribution in [-0.2, 0) is 6.54 Å². The zero-order chi connectivity index (χ0) is 13.5. The molecule has 0 bridgehead atoms. The molecule has 2 aromatic heterocycles. The van der Waals surface area contributed by atoms with Gasteiger partial charge in [-0.25, -0.2) is 4.68 Å². The summed E-state index contributed by atoms with van der Waals surface area (Å²) in [5.74, 6) is 1.04. The summed E-state index contributed by atoms with van der Waals surface area (Å²) in [5.41, 5.74) is 1.80. The van der Waals surface area contributed by atoms with E-state index in [4.69, 9.17) is 12.2 Å². The first kappa shape index (κ1) is 11.6. The van der Waals surface area contributed by atoms with Gasteiger partial charge in [0.1, 0.15) is 5.82 Å². The standard InChI is InChI=1S/C14H13N5S/c20-14-17-13-11(12-15-7-4-8-18(12)14)9-16-19(13)10-5-2-1-3-6-10/h1-3,5-6,9,15H,4,7-8H2. The van der Waals surface area contributed by atoms with E-state index < -0.39 is 0 Å². The Morgan fingerprint density at radius 1 is 1.20 bits per heavy atom. The van der Waals surface area contributed by atoms with E-state index in [1.807, 2.05) is 41.2 Å². The number of nitrogens with one attached hydrogen (secondary N) is 1. The van der Waals surface area contributed by atoms with Crippen LogP contribution in [0.1, 0.15) is 6.42 Å². The van der Waals surface area contributed by atoms with Crippen LogP contribution in [0.4, 0.5) is 5.82 Å². The van der Waals surface area contributed by atoms with Crippen LogP contribution >= 0.6 is 12.2 Å². The number of benzene rings is 1. The van der Waals surface area contributed by atoms with E-state index in [9.17, 15) is 0 Å². The number of para-hydroxylation sites is 1. The molecule has 6 heteroatoms. The van der Waals surface area contributed by atoms with Crippen LogP contribution in [0.5, 0.6) is 0 Å². The molecular formula is C14H13N5S. The lowest BCUT2D eigenvalue weighted by Gasteiger charge is -2.20. The van der Waals surface area contributed by atoms with Crippen LogP contribution in [0.2, 0.25) is 0 Å². The van der Waals surface area contributed by atoms with Crippen LogP contribution in [0.15, 0.2) is 36.5 Å². The van der Waals surface area contributed by atoms with E-state index in [0.717, 1.165) is 42.0 Å². The molecule has 3 heterocycles. The van der Waals surface area contributed by atoms with Crippen molar-refractivity contribution < 1.29 is 0 Å². The Bertz CT molecular complexity index is 834. The van der Waals surface area contributed by atoms with Crippen molar-refractivity contribution in [1.29, 1.82) is 0 Å². The highest BCUT2D eigenvalue weighted by atomic mass is 32.1. The lowest BCUT2D eigenvalue weighted by molar-refractivity contribution is 0.612. The summed E-state index contributed by atoms with van der Waals surface area (Å²) in [6, 6.07) is 9.99. The van der Waals surface area contributed by atoms with Crippen molar-refractivity contribution >= 4 is 29.1 Å². The topological polar surface area (TPSA) is 47.7 Å². The fourth-order valence-corrected chi connectivity index (χ4v) is 2.88. The molecule has 20 heavy (non-hydrogen) atoms. The second-order valence-electron chi connectivity index (χ2n) is 4.80. The van der Waals surface area contributed by atoms with Gasteiger partial charge in [-0.2, -0.15) is 10.1 Å². The fourth-order valence-electron chi connectivity index (χ4n) is 2.61. The Hall–Kier alpha value is -2.21. The van der Waals surface area contributed by atoms with Crippen LogP contribution < -0.4 is 5.32 Å². The van der Waals surface area contributed by atoms with E-state index in [1.54, 1.807) is 0 Å². The summed E-state index contributed by atoms with van der Waals surface area (Å²) in [4.78, 5) is 4.56. The van der Waals surface area contributed by atoms with Crippen molar-refractivity contribution in [3.05, 3.63) is 41.3 Å². The van der Waals surface area contributed by atoms with Crippen LogP contribution in [0.3, 0.4) is 0 Å². The number of fused-ring (bicyclic) bond motifs is 3. The molecule has 1 aliphatic heterocycles. The highest BCUT2D eigenvalue weighted by molar-refractivity contribution is 7.71. The van der Waals surface area contributed by atoms with E-state index in [0.29, 0.717) is 4.77 Å². The highest BCUT2D eigenvalue weighted by Crippen LogP contribution is 2.26. The first-order chi connectivity index (χ1) is 9.84. The third-order valence-corrected chi connectivity index (χ3v) is 3.86. The molecule has 0 saturated carbocycles. The molecule has 1 aliphatic rings. The van der Waals surface area contributed by atoms with Crippen molar-refractivity contribution in [2.45, 2.75) is 13.0 Å². The molecule has 3 aromatic rings. The minimum atomic E-state index is 0.609. The summed E-state index contributed by atoms with van der Waals surface area (Å²) in [6.45, 7) is 1.88. The monoisotopic (exact) mass is 283 g/mol. The van der Waals surface area contributed by atoms with Gasteiger partial charge < -0.3 is 9.88 Å². The maximum atomic E-state index is 5.41. The summed E-state index contributed by atoms with van der Waals surface area (Å²) >= 11 is 5.41. The maximum Gasteiger partial charge on any atom is 0.203 e. The quantitative estimate of drug-likeness (QED) is 0.698. The predicted octanol–water partition coefficient (Wildman–Crippen LogP) is 2.77. The molecular weight excluding hydrogens is 270 g/mol. The van der Waals surface area contributed by atoms with Crippen LogP contribution in [0.25, 0.3) is 16.7 Å². The number of hydrogen-bond acceptors (Lipinski definition) is 4. The number of aromatic nitrogens is 4. The maximum absolute atomic E-state index is 5.41. The fraction of sp³-hybridized carbons (Fsp3) is 0.214. The first-order valence-corrected chi connectivity index (χ1v) is 7.03. The third-order valence-electron chi connectivity index (χ3n) is 3.55. The van der Waals surface area contributed by atoms with Gasteiger partial charge in [0.25, 0.3) is 0 Å². The van der Waals surface area contributed by atoms with Gasteiger partial charge in [0.05, 0.1) is 17.3 Å². The van der Waals surface area contributed by atoms with E-state index >= 15 is 0 Å². The van der Waals surface area contributed by atoms with Crippen molar-refractivity contribution in [2.75, 3.05) is 11.9 Å². The molecule has 0 saturated heterocycles. The Kier molecular flexibility index (Phi) is 2.56. The van der Waals surface area contributed by atoms with Gasteiger partial charge >= 0.3 is 0 Å². The van der Waals surface area contributed by atoms with Gasteiger partial charge in [-0.1, -0.05) is 18.2 Å². The minimum absolute atomic E-state index is 0.609. The lowest BCUT2D eigenvalue weighted by Crippen LogP contribution is -2.20. The highest BCUT2D eigenvalue weighted by Gasteiger charge is 2.16. The van der Waals surface area contributed by atoms with Gasteiger partial charge in [0.15, 0.2) is 5.65 Å². The summed E-state index contributed by atoms with van der Waals surface area (Å²) in [7, 11) is 0. The Balaban J connectivity index is 2.03. The molecule has 0 amide bonds. The van der Waals surface area contributed by atoms with E-state index in [1.165, 1.54) is 0 Å². The predicted molar refractivity (Wildman–Crippen MR) is 80.8 cm³/mol. The zero-order valence-corrected chi connectivity index (χ0v) is 11.6. The average molecular weight is 283 g/mol. The van der Waals surface area contributed by atoms with Crippen molar-refractivity contribution in [2.24, 2.45) is 0 Å². The lowest BCUT2D eigenvalue weighted by atomic mass is 10.3. The minimum Gasteiger partial charge on any atom is -0.371 e. The normalized spacial score (nSPS) is 14.0. The van der Waals surface area contributed by atoms with Gasteiger partial charge in [0, 0.05) is 13.1 Å². The molecule has 0 radical (unpaired) electrons. The average Bonchev–Trinajstić information content (AvgIpc) is 2.92. The Labute approximate surface area is 120 Å². The SMILES string of the molecule is S=c1nc2c(cnn2-c2ccccc2)c2n1CCCN2. The number of nitrogens with zero attached hydrogens (tertiary/aromatic N) is 4. The van der Waals surface area contributed by atoms with Gasteiger partial charge in [-0.3, -0.25) is 0 Å². The number of rotatable bonds is 1. The van der Waals surface area contributed by atoms with Crippen LogP contribution in [0, 0.1) is 4.77 Å². The molecule has 0 aliphatic carbocycles. The Morgan fingerprint density at radius 2 is 2.05 bits per heavy atom. The second kappa shape index (κ2) is 4.42. The van der Waals surface area contributed by atoms with Crippen molar-refractivity contribution in [3.8, 4) is 5.69 Å². The van der Waals surface area contributed by atoms with Gasteiger partial charge in [-0.15, -0.1) is 0 Å². The molecule has 5 nitrogen and oxygen atoms in total. The second-order valence-corrected chi connectivity index (χ2v) is 5.17. The third kappa shape index (κ3) is 1.65. The molecule has 1 N–H and O–H groups in total. The molecule has 100 valence electrons. The van der Waals surface area contributed by atoms with Crippen LogP contribution in [-0.4, -0.2) is 25.9 Å². The summed E-state index contributed by atoms with van der Waals surface area (Å²) in [5, 5.41) is 8.90. The smallest absolute Gasteiger partial charge is 0.203 e. The largest absolute Gasteiger partial charge is 0.371 e. The molecule has 0 atom stereocenters. The van der Waals surface area contributed by atoms with E-state index in [2.05, 4.69) is 20.0 Å². The Morgan fingerprint density at radius 3 is 2.90 bits per heavy atom. The number of anilines is 1. The molecule has 0 unspecified atom stereocenters. The summed E-state index contributed by atoms with van der Waals surface area (Å²) < 4.78 is 4.50. The zero-order valence-electron chi connectivity index (χ0n) is 10.8. The molecule has 1 aromatic carbocycles. The van der Waals surface area contributed by atoms with Crippen molar-refractivity contribution in [3.63, 3.8) is 0 Å². The molecule has 4 rings (SSSR count). The molecule has 0 spiro atoms.